The molecular formula is C13H14N2O2. The van der Waals surface area contributed by atoms with Crippen LogP contribution in [-0.2, 0) is 4.84 Å². The van der Waals surface area contributed by atoms with Gasteiger partial charge in [-0.05, 0) is 25.1 Å². The molecule has 0 bridgehead atoms. The molecule has 0 atom stereocenters. The average molecular weight is 230 g/mol. The summed E-state index contributed by atoms with van der Waals surface area (Å²) in [6.45, 7) is 1.93. The highest BCUT2D eigenvalue weighted by molar-refractivity contribution is 6.05. The van der Waals surface area contributed by atoms with Crippen molar-refractivity contribution in [1.82, 2.24) is 10.0 Å². The summed E-state index contributed by atoms with van der Waals surface area (Å²) in [7, 11) is 3.05. The molecule has 1 aromatic heterocycles. The van der Waals surface area contributed by atoms with Crippen LogP contribution in [0.5, 0.6) is 0 Å². The Kier molecular flexibility index (Phi) is 3.06. The highest BCUT2D eigenvalue weighted by Gasteiger charge is 2.14. The fourth-order valence-corrected chi connectivity index (χ4v) is 1.70. The van der Waals surface area contributed by atoms with Crippen LogP contribution in [0.1, 0.15) is 16.1 Å². The summed E-state index contributed by atoms with van der Waals surface area (Å²) in [5.74, 6) is -0.177. The van der Waals surface area contributed by atoms with Crippen molar-refractivity contribution < 1.29 is 9.63 Å². The fourth-order valence-electron chi connectivity index (χ4n) is 1.70. The molecule has 0 radical (unpaired) electrons. The van der Waals surface area contributed by atoms with Crippen molar-refractivity contribution in [3.63, 3.8) is 0 Å². The van der Waals surface area contributed by atoms with Crippen LogP contribution in [0.15, 0.2) is 30.3 Å². The number of pyridine rings is 1. The second kappa shape index (κ2) is 4.51. The van der Waals surface area contributed by atoms with Crippen LogP contribution < -0.4 is 0 Å². The monoisotopic (exact) mass is 230 g/mol. The molecule has 88 valence electrons. The van der Waals surface area contributed by atoms with E-state index >= 15 is 0 Å². The van der Waals surface area contributed by atoms with Gasteiger partial charge >= 0.3 is 0 Å². The Morgan fingerprint density at radius 1 is 1.29 bits per heavy atom. The maximum absolute atomic E-state index is 12.0. The quantitative estimate of drug-likeness (QED) is 0.742. The first kappa shape index (κ1) is 11.5. The smallest absolute Gasteiger partial charge is 0.274 e. The van der Waals surface area contributed by atoms with Crippen LogP contribution in [0, 0.1) is 6.92 Å². The number of hydrogen-bond donors (Lipinski definition) is 0. The standard InChI is InChI=1S/C13H14N2O2/c1-9-7-8-10-11(13(16)15(2)17-3)5-4-6-12(10)14-9/h4-8H,1-3H3. The topological polar surface area (TPSA) is 42.4 Å². The van der Waals surface area contributed by atoms with Crippen molar-refractivity contribution in [1.29, 1.82) is 0 Å². The molecule has 1 heterocycles. The molecule has 2 rings (SSSR count). The van der Waals surface area contributed by atoms with E-state index in [0.29, 0.717) is 5.56 Å². The predicted molar refractivity (Wildman–Crippen MR) is 65.6 cm³/mol. The number of benzene rings is 1. The Balaban J connectivity index is 2.58. The summed E-state index contributed by atoms with van der Waals surface area (Å²) >= 11 is 0. The van der Waals surface area contributed by atoms with E-state index in [1.54, 1.807) is 13.1 Å². The summed E-state index contributed by atoms with van der Waals surface area (Å²) in [5.41, 5.74) is 2.35. The van der Waals surface area contributed by atoms with Gasteiger partial charge in [0.2, 0.25) is 0 Å². The lowest BCUT2D eigenvalue weighted by atomic mass is 10.1. The van der Waals surface area contributed by atoms with Gasteiger partial charge in [-0.1, -0.05) is 12.1 Å². The highest BCUT2D eigenvalue weighted by Crippen LogP contribution is 2.18. The van der Waals surface area contributed by atoms with Gasteiger partial charge in [0.25, 0.3) is 5.91 Å². The maximum Gasteiger partial charge on any atom is 0.277 e. The minimum absolute atomic E-state index is 0.177. The fraction of sp³-hybridized carbons (Fsp3) is 0.231. The molecule has 0 aliphatic heterocycles. The first-order valence-corrected chi connectivity index (χ1v) is 5.32. The van der Waals surface area contributed by atoms with Crippen molar-refractivity contribution in [2.24, 2.45) is 0 Å². The van der Waals surface area contributed by atoms with Gasteiger partial charge in [-0.15, -0.1) is 0 Å². The Hall–Kier alpha value is -1.94. The second-order valence-electron chi connectivity index (χ2n) is 3.81. The minimum atomic E-state index is -0.177. The van der Waals surface area contributed by atoms with E-state index in [-0.39, 0.29) is 5.91 Å². The summed E-state index contributed by atoms with van der Waals surface area (Å²) in [5, 5.41) is 2.04. The number of fused-ring (bicyclic) bond motifs is 1. The highest BCUT2D eigenvalue weighted by atomic mass is 16.7. The lowest BCUT2D eigenvalue weighted by molar-refractivity contribution is -0.0755. The zero-order valence-corrected chi connectivity index (χ0v) is 10.1. The van der Waals surface area contributed by atoms with E-state index in [2.05, 4.69) is 4.98 Å². The van der Waals surface area contributed by atoms with E-state index in [0.717, 1.165) is 16.6 Å². The van der Waals surface area contributed by atoms with Crippen LogP contribution in [0.25, 0.3) is 10.9 Å². The van der Waals surface area contributed by atoms with Gasteiger partial charge in [-0.3, -0.25) is 14.6 Å². The number of carbonyl (C=O) groups is 1. The minimum Gasteiger partial charge on any atom is -0.274 e. The van der Waals surface area contributed by atoms with Crippen LogP contribution >= 0.6 is 0 Å². The first-order chi connectivity index (χ1) is 8.13. The summed E-state index contributed by atoms with van der Waals surface area (Å²) in [6.07, 6.45) is 0. The Morgan fingerprint density at radius 2 is 2.06 bits per heavy atom. The molecule has 0 saturated heterocycles. The van der Waals surface area contributed by atoms with Gasteiger partial charge in [0.1, 0.15) is 0 Å². The SMILES string of the molecule is CON(C)C(=O)c1cccc2nc(C)ccc12. The molecule has 1 aromatic carbocycles. The molecule has 2 aromatic rings. The lowest BCUT2D eigenvalue weighted by Gasteiger charge is -2.14. The maximum atomic E-state index is 12.0. The largest absolute Gasteiger partial charge is 0.277 e. The molecule has 0 fully saturated rings. The molecule has 0 unspecified atom stereocenters. The first-order valence-electron chi connectivity index (χ1n) is 5.32. The molecule has 4 heteroatoms. The number of nitrogens with zero attached hydrogens (tertiary/aromatic N) is 2. The predicted octanol–water partition coefficient (Wildman–Crippen LogP) is 2.18. The van der Waals surface area contributed by atoms with Gasteiger partial charge in [-0.2, -0.15) is 0 Å². The molecular weight excluding hydrogens is 216 g/mol. The van der Waals surface area contributed by atoms with Crippen LogP contribution in [0.2, 0.25) is 0 Å². The van der Waals surface area contributed by atoms with Gasteiger partial charge in [0, 0.05) is 18.1 Å². The Labute approximate surface area is 99.8 Å². The Morgan fingerprint density at radius 3 is 2.76 bits per heavy atom. The van der Waals surface area contributed by atoms with Crippen molar-refractivity contribution >= 4 is 16.8 Å². The number of hydrogen-bond acceptors (Lipinski definition) is 3. The van der Waals surface area contributed by atoms with Crippen molar-refractivity contribution in [3.05, 3.63) is 41.6 Å². The molecule has 0 aliphatic rings. The third kappa shape index (κ3) is 2.12. The molecule has 0 aliphatic carbocycles. The van der Waals surface area contributed by atoms with E-state index in [1.807, 2.05) is 31.2 Å². The third-order valence-corrected chi connectivity index (χ3v) is 2.66. The second-order valence-corrected chi connectivity index (χ2v) is 3.81. The Bertz CT molecular complexity index is 566. The van der Waals surface area contributed by atoms with Crippen LogP contribution in [0.3, 0.4) is 0 Å². The van der Waals surface area contributed by atoms with Crippen LogP contribution in [0.4, 0.5) is 0 Å². The molecule has 0 saturated carbocycles. The van der Waals surface area contributed by atoms with E-state index in [4.69, 9.17) is 4.84 Å². The molecule has 4 nitrogen and oxygen atoms in total. The van der Waals surface area contributed by atoms with Crippen molar-refractivity contribution in [2.45, 2.75) is 6.92 Å². The summed E-state index contributed by atoms with van der Waals surface area (Å²) in [4.78, 5) is 21.3. The van der Waals surface area contributed by atoms with E-state index < -0.39 is 0 Å². The van der Waals surface area contributed by atoms with Crippen molar-refractivity contribution in [3.8, 4) is 0 Å². The molecule has 17 heavy (non-hydrogen) atoms. The number of rotatable bonds is 2. The summed E-state index contributed by atoms with van der Waals surface area (Å²) in [6, 6.07) is 9.30. The normalized spacial score (nSPS) is 10.5. The van der Waals surface area contributed by atoms with Gasteiger partial charge in [-0.25, -0.2) is 5.06 Å². The zero-order chi connectivity index (χ0) is 12.4. The van der Waals surface area contributed by atoms with Gasteiger partial charge in [0.05, 0.1) is 18.2 Å². The molecule has 0 N–H and O–H groups in total. The molecule has 1 amide bonds. The van der Waals surface area contributed by atoms with Gasteiger partial charge < -0.3 is 0 Å². The van der Waals surface area contributed by atoms with Crippen LogP contribution in [-0.4, -0.2) is 30.1 Å². The lowest BCUT2D eigenvalue weighted by Crippen LogP contribution is -2.25. The van der Waals surface area contributed by atoms with Crippen molar-refractivity contribution in [2.75, 3.05) is 14.2 Å². The number of hydroxylamine groups is 2. The average Bonchev–Trinajstić information content (AvgIpc) is 2.35. The number of amides is 1. The van der Waals surface area contributed by atoms with E-state index in [1.165, 1.54) is 12.2 Å². The van der Waals surface area contributed by atoms with Gasteiger partial charge in [0.15, 0.2) is 0 Å². The zero-order valence-electron chi connectivity index (χ0n) is 10.1. The summed E-state index contributed by atoms with van der Waals surface area (Å²) < 4.78 is 0. The number of carbonyl (C=O) groups excluding carboxylic acids is 1. The number of aryl methyl sites for hydroxylation is 1. The third-order valence-electron chi connectivity index (χ3n) is 2.66. The van der Waals surface area contributed by atoms with E-state index in [9.17, 15) is 4.79 Å². The molecule has 0 spiro atoms. The number of aromatic nitrogens is 1.